The third-order valence-corrected chi connectivity index (χ3v) is 12.6. The van der Waals surface area contributed by atoms with Crippen molar-refractivity contribution in [2.24, 2.45) is 39.4 Å². The minimum Gasteiger partial charge on any atom is -0.460 e. The van der Waals surface area contributed by atoms with E-state index in [0.29, 0.717) is 19.3 Å². The van der Waals surface area contributed by atoms with Crippen LogP contribution in [0.3, 0.4) is 0 Å². The molecule has 8 nitrogen and oxygen atoms in total. The summed E-state index contributed by atoms with van der Waals surface area (Å²) in [6.45, 7) is 14.6. The van der Waals surface area contributed by atoms with Crippen molar-refractivity contribution in [3.8, 4) is 0 Å². The Kier molecular flexibility index (Phi) is 6.50. The maximum Gasteiger partial charge on any atom is 0.303 e. The monoisotopic (exact) mass is 560 g/mol. The molecule has 0 aromatic heterocycles. The maximum absolute atomic E-state index is 14.5. The predicted molar refractivity (Wildman–Crippen MR) is 147 cm³/mol. The normalized spacial score (nSPS) is 46.7. The average molecular weight is 561 g/mol. The lowest BCUT2D eigenvalue weighted by Crippen LogP contribution is -2.68. The first-order valence-electron chi connectivity index (χ1n) is 14.9. The summed E-state index contributed by atoms with van der Waals surface area (Å²) in [6.07, 6.45) is 4.65. The summed E-state index contributed by atoms with van der Waals surface area (Å²) < 4.78 is 11.9. The Morgan fingerprint density at radius 2 is 1.75 bits per heavy atom. The fourth-order valence-electron chi connectivity index (χ4n) is 10.3. The molecule has 0 unspecified atom stereocenters. The molecule has 1 spiro atoms. The quantitative estimate of drug-likeness (QED) is 0.332. The van der Waals surface area contributed by atoms with Gasteiger partial charge in [-0.15, -0.1) is 0 Å². The molecule has 5 aliphatic rings. The van der Waals surface area contributed by atoms with Crippen molar-refractivity contribution in [3.63, 3.8) is 0 Å². The number of fused-ring (bicyclic) bond motifs is 2. The van der Waals surface area contributed by atoms with Gasteiger partial charge in [0.05, 0.1) is 29.8 Å². The van der Waals surface area contributed by atoms with Gasteiger partial charge in [0.1, 0.15) is 17.0 Å². The molecule has 40 heavy (non-hydrogen) atoms. The number of rotatable bonds is 6. The van der Waals surface area contributed by atoms with E-state index < -0.39 is 68.3 Å². The highest BCUT2D eigenvalue weighted by atomic mass is 16.6. The van der Waals surface area contributed by atoms with E-state index in [0.717, 1.165) is 0 Å². The molecule has 0 aromatic rings. The summed E-state index contributed by atoms with van der Waals surface area (Å²) in [5, 5.41) is 34.4. The Bertz CT molecular complexity index is 1150. The number of hydrogen-bond acceptors (Lipinski definition) is 8. The first-order chi connectivity index (χ1) is 18.2. The number of ether oxygens (including phenoxy) is 2. The van der Waals surface area contributed by atoms with Crippen molar-refractivity contribution in [1.82, 2.24) is 0 Å². The van der Waals surface area contributed by atoms with Crippen molar-refractivity contribution in [2.75, 3.05) is 6.61 Å². The van der Waals surface area contributed by atoms with Gasteiger partial charge >= 0.3 is 5.97 Å². The Morgan fingerprint density at radius 3 is 2.38 bits per heavy atom. The molecule has 1 saturated heterocycles. The van der Waals surface area contributed by atoms with Gasteiger partial charge < -0.3 is 24.8 Å². The van der Waals surface area contributed by atoms with Crippen LogP contribution in [0.1, 0.15) is 93.9 Å². The number of allylic oxidation sites excluding steroid dienone is 1. The van der Waals surface area contributed by atoms with E-state index in [1.165, 1.54) is 13.8 Å². The second-order valence-electron chi connectivity index (χ2n) is 15.4. The summed E-state index contributed by atoms with van der Waals surface area (Å²) in [7, 11) is 0. The molecule has 224 valence electrons. The van der Waals surface area contributed by atoms with E-state index in [-0.39, 0.29) is 43.5 Å². The van der Waals surface area contributed by atoms with Crippen LogP contribution in [0.15, 0.2) is 12.2 Å². The standard InChI is InChI=1S/C32H48O8/c1-18(33)40-26(2,3)13-12-23(36)30(8,38)25-19(34)15-28(6)20-11-14-32-21(9-10-22(35)27(32,4)5)31(20,17-39-32)24(37)16-29(25,28)7/h11,14,19-22,25,34-35,38H,9-10,12-13,15-17H2,1-8H3/t19-,20+,21+,22+,25+,28+,29-,30+,31-,32-/m1/s1. The summed E-state index contributed by atoms with van der Waals surface area (Å²) >= 11 is 0. The van der Waals surface area contributed by atoms with Gasteiger partial charge in [-0.25, -0.2) is 0 Å². The van der Waals surface area contributed by atoms with Crippen LogP contribution in [0.4, 0.5) is 0 Å². The van der Waals surface area contributed by atoms with Crippen LogP contribution >= 0.6 is 0 Å². The fraction of sp³-hybridized carbons (Fsp3) is 0.844. The smallest absolute Gasteiger partial charge is 0.303 e. The number of Topliss-reactive ketones (excluding diaryl/α,β-unsaturated/α-hetero) is 2. The van der Waals surface area contributed by atoms with Crippen LogP contribution in [-0.4, -0.2) is 68.5 Å². The van der Waals surface area contributed by atoms with Crippen molar-refractivity contribution in [2.45, 2.75) is 123 Å². The summed E-state index contributed by atoms with van der Waals surface area (Å²) in [4.78, 5) is 39.5. The van der Waals surface area contributed by atoms with Gasteiger partial charge in [0.2, 0.25) is 0 Å². The first-order valence-corrected chi connectivity index (χ1v) is 14.9. The lowest BCUT2D eigenvalue weighted by molar-refractivity contribution is -0.185. The highest BCUT2D eigenvalue weighted by molar-refractivity contribution is 5.91. The zero-order valence-electron chi connectivity index (χ0n) is 25.4. The molecule has 4 fully saturated rings. The number of ketones is 2. The molecule has 2 bridgehead atoms. The highest BCUT2D eigenvalue weighted by Crippen LogP contribution is 2.76. The lowest BCUT2D eigenvalue weighted by atomic mass is 9.38. The third kappa shape index (κ3) is 3.54. The molecule has 3 N–H and O–H groups in total. The lowest BCUT2D eigenvalue weighted by Gasteiger charge is -2.64. The summed E-state index contributed by atoms with van der Waals surface area (Å²) in [5.41, 5.74) is -6.23. The van der Waals surface area contributed by atoms with Crippen molar-refractivity contribution >= 4 is 17.5 Å². The van der Waals surface area contributed by atoms with Crippen LogP contribution in [0.5, 0.6) is 0 Å². The topological polar surface area (TPSA) is 130 Å². The number of aliphatic hydroxyl groups excluding tert-OH is 2. The van der Waals surface area contributed by atoms with Crippen molar-refractivity contribution in [3.05, 3.63) is 12.2 Å². The average Bonchev–Trinajstić information content (AvgIpc) is 3.16. The van der Waals surface area contributed by atoms with Gasteiger partial charge in [0.25, 0.3) is 0 Å². The molecule has 1 heterocycles. The minimum absolute atomic E-state index is 0.0274. The molecule has 4 aliphatic carbocycles. The SMILES string of the molecule is CC(=O)OC(C)(C)CCC(=O)[C@](C)(O)[C@H]1[C@H](O)C[C@@]2(C)[C@@H]3C=C[C@@]45OC[C@]3(C(=O)C[C@]12C)[C@@H]4CC[C@H](O)C5(C)C. The Balaban J connectivity index is 1.50. The van der Waals surface area contributed by atoms with E-state index in [4.69, 9.17) is 9.47 Å². The number of carbonyl (C=O) groups is 3. The second-order valence-corrected chi connectivity index (χ2v) is 15.4. The largest absolute Gasteiger partial charge is 0.460 e. The first kappa shape index (κ1) is 29.9. The van der Waals surface area contributed by atoms with Crippen LogP contribution in [0.2, 0.25) is 0 Å². The Hall–Kier alpha value is -1.61. The Morgan fingerprint density at radius 1 is 1.10 bits per heavy atom. The van der Waals surface area contributed by atoms with Crippen LogP contribution in [0.25, 0.3) is 0 Å². The molecule has 0 amide bonds. The zero-order chi connectivity index (χ0) is 29.9. The minimum atomic E-state index is -1.88. The van der Waals surface area contributed by atoms with E-state index in [1.807, 2.05) is 20.8 Å². The second kappa shape index (κ2) is 8.71. The molecule has 1 aliphatic heterocycles. The van der Waals surface area contributed by atoms with Gasteiger partial charge in [0.15, 0.2) is 5.78 Å². The van der Waals surface area contributed by atoms with Crippen LogP contribution < -0.4 is 0 Å². The number of aliphatic hydroxyl groups is 3. The third-order valence-electron chi connectivity index (χ3n) is 12.6. The molecule has 8 heteroatoms. The molecular weight excluding hydrogens is 512 g/mol. The van der Waals surface area contributed by atoms with E-state index in [1.54, 1.807) is 13.8 Å². The van der Waals surface area contributed by atoms with Gasteiger partial charge in [-0.2, -0.15) is 0 Å². The number of esters is 1. The van der Waals surface area contributed by atoms with Gasteiger partial charge in [-0.3, -0.25) is 14.4 Å². The molecule has 0 aromatic carbocycles. The molecule has 0 radical (unpaired) electrons. The van der Waals surface area contributed by atoms with E-state index in [2.05, 4.69) is 19.1 Å². The fourth-order valence-corrected chi connectivity index (χ4v) is 10.3. The van der Waals surface area contributed by atoms with Crippen molar-refractivity contribution < 1.29 is 39.2 Å². The van der Waals surface area contributed by atoms with Gasteiger partial charge in [-0.1, -0.05) is 39.8 Å². The zero-order valence-corrected chi connectivity index (χ0v) is 25.4. The maximum atomic E-state index is 14.5. The Labute approximate surface area is 237 Å². The summed E-state index contributed by atoms with van der Waals surface area (Å²) in [5.74, 6) is -1.96. The van der Waals surface area contributed by atoms with Crippen LogP contribution in [0, 0.1) is 39.4 Å². The van der Waals surface area contributed by atoms with E-state index >= 15 is 0 Å². The van der Waals surface area contributed by atoms with Gasteiger partial charge in [-0.05, 0) is 63.2 Å². The summed E-state index contributed by atoms with van der Waals surface area (Å²) in [6, 6.07) is 0. The van der Waals surface area contributed by atoms with Crippen molar-refractivity contribution in [1.29, 1.82) is 0 Å². The number of carbonyl (C=O) groups excluding carboxylic acids is 3. The number of hydrogen-bond donors (Lipinski definition) is 3. The molecule has 3 saturated carbocycles. The van der Waals surface area contributed by atoms with Gasteiger partial charge in [0, 0.05) is 37.0 Å². The molecular formula is C32H48O8. The molecule has 10 atom stereocenters. The van der Waals surface area contributed by atoms with E-state index in [9.17, 15) is 29.7 Å². The highest BCUT2D eigenvalue weighted by Gasteiger charge is 2.80. The predicted octanol–water partition coefficient (Wildman–Crippen LogP) is 3.53. The van der Waals surface area contributed by atoms with Crippen LogP contribution in [-0.2, 0) is 23.9 Å². The molecule has 5 rings (SSSR count).